The molecule has 0 bridgehead atoms. The number of nitrogens with one attached hydrogen (secondary N) is 1. The van der Waals surface area contributed by atoms with Crippen LogP contribution < -0.4 is 5.32 Å². The Morgan fingerprint density at radius 1 is 1.05 bits per heavy atom. The first-order valence-corrected chi connectivity index (χ1v) is 7.49. The molecule has 0 amide bonds. The molecule has 0 aliphatic carbocycles. The van der Waals surface area contributed by atoms with Gasteiger partial charge in [0.25, 0.3) is 0 Å². The van der Waals surface area contributed by atoms with Gasteiger partial charge in [-0.1, -0.05) is 13.8 Å². The van der Waals surface area contributed by atoms with E-state index in [1.807, 2.05) is 42.5 Å². The van der Waals surface area contributed by atoms with Crippen LogP contribution in [0.1, 0.15) is 40.4 Å². The van der Waals surface area contributed by atoms with Gasteiger partial charge in [-0.3, -0.25) is 4.79 Å². The molecule has 0 fully saturated rings. The van der Waals surface area contributed by atoms with Crippen molar-refractivity contribution < 1.29 is 4.79 Å². The van der Waals surface area contributed by atoms with Crippen molar-refractivity contribution in [3.05, 3.63) is 51.7 Å². The lowest BCUT2D eigenvalue weighted by Gasteiger charge is -2.05. The summed E-state index contributed by atoms with van der Waals surface area (Å²) in [6, 6.07) is 12.1. The summed E-state index contributed by atoms with van der Waals surface area (Å²) in [6.45, 7) is 4.90. The maximum Gasteiger partial charge on any atom is 0.162 e. The Labute approximate surface area is 118 Å². The molecule has 2 nitrogen and oxygen atoms in total. The van der Waals surface area contributed by atoms with Crippen LogP contribution in [0.3, 0.4) is 0 Å². The van der Waals surface area contributed by atoms with Crippen molar-refractivity contribution >= 4 is 22.8 Å². The van der Waals surface area contributed by atoms with Crippen molar-refractivity contribution in [1.82, 2.24) is 0 Å². The molecule has 100 valence electrons. The zero-order chi connectivity index (χ0) is 13.7. The van der Waals surface area contributed by atoms with Crippen molar-refractivity contribution in [2.45, 2.75) is 33.2 Å². The number of carbonyl (C=O) groups excluding carboxylic acids is 1. The van der Waals surface area contributed by atoms with Crippen LogP contribution in [0.4, 0.5) is 5.69 Å². The Bertz CT molecular complexity index is 542. The zero-order valence-electron chi connectivity index (χ0n) is 11.4. The molecule has 0 aliphatic rings. The summed E-state index contributed by atoms with van der Waals surface area (Å²) in [7, 11) is 0. The van der Waals surface area contributed by atoms with Gasteiger partial charge in [0.15, 0.2) is 5.78 Å². The predicted octanol–water partition coefficient (Wildman–Crippen LogP) is 4.52. The minimum absolute atomic E-state index is 0.192. The number of anilines is 1. The highest BCUT2D eigenvalue weighted by atomic mass is 32.1. The van der Waals surface area contributed by atoms with Crippen molar-refractivity contribution in [3.63, 3.8) is 0 Å². The van der Waals surface area contributed by atoms with Gasteiger partial charge in [-0.05, 0) is 42.8 Å². The number of ketones is 1. The molecule has 2 aromatic rings. The molecule has 3 heteroatoms. The molecule has 1 aromatic heterocycles. The largest absolute Gasteiger partial charge is 0.380 e. The Morgan fingerprint density at radius 2 is 1.74 bits per heavy atom. The van der Waals surface area contributed by atoms with Crippen LogP contribution in [-0.4, -0.2) is 5.78 Å². The summed E-state index contributed by atoms with van der Waals surface area (Å²) in [5.74, 6) is 0.192. The van der Waals surface area contributed by atoms with E-state index in [1.54, 1.807) is 0 Å². The summed E-state index contributed by atoms with van der Waals surface area (Å²) >= 11 is 1.85. The first-order chi connectivity index (χ1) is 9.22. The maximum absolute atomic E-state index is 11.5. The van der Waals surface area contributed by atoms with Crippen LogP contribution in [0.25, 0.3) is 0 Å². The van der Waals surface area contributed by atoms with E-state index in [2.05, 4.69) is 24.4 Å². The first kappa shape index (κ1) is 13.8. The first-order valence-electron chi connectivity index (χ1n) is 6.67. The molecule has 19 heavy (non-hydrogen) atoms. The highest BCUT2D eigenvalue weighted by Crippen LogP contribution is 2.19. The van der Waals surface area contributed by atoms with Crippen molar-refractivity contribution in [2.24, 2.45) is 0 Å². The molecule has 0 aliphatic heterocycles. The van der Waals surface area contributed by atoms with Gasteiger partial charge in [-0.15, -0.1) is 11.3 Å². The van der Waals surface area contributed by atoms with Gasteiger partial charge in [0.2, 0.25) is 0 Å². The van der Waals surface area contributed by atoms with E-state index in [0.29, 0.717) is 6.42 Å². The number of rotatable bonds is 6. The molecule has 1 heterocycles. The Balaban J connectivity index is 1.94. The van der Waals surface area contributed by atoms with E-state index in [4.69, 9.17) is 0 Å². The molecular formula is C16H19NOS. The number of hydrogen-bond donors (Lipinski definition) is 1. The number of aryl methyl sites for hydroxylation is 1. The topological polar surface area (TPSA) is 29.1 Å². The molecule has 0 spiro atoms. The summed E-state index contributed by atoms with van der Waals surface area (Å²) in [4.78, 5) is 14.3. The van der Waals surface area contributed by atoms with Crippen LogP contribution in [0.5, 0.6) is 0 Å². The molecule has 0 atom stereocenters. The maximum atomic E-state index is 11.5. The van der Waals surface area contributed by atoms with Crippen LogP contribution in [0.15, 0.2) is 36.4 Å². The second kappa shape index (κ2) is 6.53. The predicted molar refractivity (Wildman–Crippen MR) is 82.1 cm³/mol. The molecule has 0 unspecified atom stereocenters. The van der Waals surface area contributed by atoms with E-state index < -0.39 is 0 Å². The fourth-order valence-corrected chi connectivity index (χ4v) is 2.77. The fourth-order valence-electron chi connectivity index (χ4n) is 1.87. The highest BCUT2D eigenvalue weighted by molar-refractivity contribution is 7.12. The average Bonchev–Trinajstić information content (AvgIpc) is 2.93. The van der Waals surface area contributed by atoms with Gasteiger partial charge in [0, 0.05) is 34.0 Å². The Kier molecular flexibility index (Phi) is 4.74. The number of carbonyl (C=O) groups is 1. The summed E-state index contributed by atoms with van der Waals surface area (Å²) in [6.07, 6.45) is 1.65. The lowest BCUT2D eigenvalue weighted by atomic mass is 10.1. The van der Waals surface area contributed by atoms with Crippen LogP contribution in [0.2, 0.25) is 0 Å². The van der Waals surface area contributed by atoms with Gasteiger partial charge in [0.1, 0.15) is 0 Å². The van der Waals surface area contributed by atoms with Crippen molar-refractivity contribution in [1.29, 1.82) is 0 Å². The SMILES string of the molecule is CCC(=O)c1ccc(NCc2ccc(CC)s2)cc1. The number of Topliss-reactive ketones (excluding diaryl/α,β-unsaturated/α-hetero) is 1. The number of benzene rings is 1. The van der Waals surface area contributed by atoms with Gasteiger partial charge >= 0.3 is 0 Å². The zero-order valence-corrected chi connectivity index (χ0v) is 12.2. The molecule has 0 radical (unpaired) electrons. The van der Waals surface area contributed by atoms with Crippen molar-refractivity contribution in [3.8, 4) is 0 Å². The molecule has 0 saturated heterocycles. The normalized spacial score (nSPS) is 10.4. The molecular weight excluding hydrogens is 254 g/mol. The lowest BCUT2D eigenvalue weighted by Crippen LogP contribution is -1.99. The quantitative estimate of drug-likeness (QED) is 0.784. The monoisotopic (exact) mass is 273 g/mol. The van der Waals surface area contributed by atoms with E-state index in [-0.39, 0.29) is 5.78 Å². The van der Waals surface area contributed by atoms with Gasteiger partial charge in [0.05, 0.1) is 0 Å². The van der Waals surface area contributed by atoms with E-state index in [1.165, 1.54) is 9.75 Å². The molecule has 1 N–H and O–H groups in total. The van der Waals surface area contributed by atoms with E-state index in [0.717, 1.165) is 24.2 Å². The standard InChI is InChI=1S/C16H19NOS/c1-3-14-9-10-15(19-14)11-17-13-7-5-12(6-8-13)16(18)4-2/h5-10,17H,3-4,11H2,1-2H3. The third-order valence-electron chi connectivity index (χ3n) is 3.06. The minimum atomic E-state index is 0.192. The molecule has 1 aromatic carbocycles. The van der Waals surface area contributed by atoms with Crippen LogP contribution in [-0.2, 0) is 13.0 Å². The second-order valence-corrected chi connectivity index (χ2v) is 5.68. The van der Waals surface area contributed by atoms with E-state index in [9.17, 15) is 4.79 Å². The van der Waals surface area contributed by atoms with Gasteiger partial charge in [-0.25, -0.2) is 0 Å². The summed E-state index contributed by atoms with van der Waals surface area (Å²) < 4.78 is 0. The van der Waals surface area contributed by atoms with Gasteiger partial charge in [-0.2, -0.15) is 0 Å². The highest BCUT2D eigenvalue weighted by Gasteiger charge is 2.03. The van der Waals surface area contributed by atoms with Crippen molar-refractivity contribution in [2.75, 3.05) is 5.32 Å². The third kappa shape index (κ3) is 3.67. The summed E-state index contributed by atoms with van der Waals surface area (Å²) in [5.41, 5.74) is 1.84. The molecule has 0 saturated carbocycles. The van der Waals surface area contributed by atoms with Gasteiger partial charge < -0.3 is 5.32 Å². The number of hydrogen-bond acceptors (Lipinski definition) is 3. The smallest absolute Gasteiger partial charge is 0.162 e. The lowest BCUT2D eigenvalue weighted by molar-refractivity contribution is 0.0988. The third-order valence-corrected chi connectivity index (χ3v) is 4.29. The minimum Gasteiger partial charge on any atom is -0.380 e. The summed E-state index contributed by atoms with van der Waals surface area (Å²) in [5, 5.41) is 3.38. The molecule has 2 rings (SSSR count). The van der Waals surface area contributed by atoms with E-state index >= 15 is 0 Å². The average molecular weight is 273 g/mol. The van der Waals surface area contributed by atoms with Crippen LogP contribution >= 0.6 is 11.3 Å². The van der Waals surface area contributed by atoms with Crippen LogP contribution in [0, 0.1) is 0 Å². The second-order valence-electron chi connectivity index (χ2n) is 4.43. The number of thiophene rings is 1. The fraction of sp³-hybridized carbons (Fsp3) is 0.312. The Hall–Kier alpha value is -1.61. The Morgan fingerprint density at radius 3 is 2.32 bits per heavy atom.